The SMILES string of the molecule is CCC[C@H](N)C(=O)Nc1sccc1C(N)=O. The Kier molecular flexibility index (Phi) is 4.45. The second-order valence-corrected chi connectivity index (χ2v) is 4.33. The number of hydrogen-bond donors (Lipinski definition) is 3. The molecule has 0 aliphatic heterocycles. The van der Waals surface area contributed by atoms with Gasteiger partial charge in [0.05, 0.1) is 11.6 Å². The number of nitrogens with two attached hydrogens (primary N) is 2. The lowest BCUT2D eigenvalue weighted by Crippen LogP contribution is -2.35. The van der Waals surface area contributed by atoms with E-state index >= 15 is 0 Å². The van der Waals surface area contributed by atoms with Crippen molar-refractivity contribution >= 4 is 28.2 Å². The lowest BCUT2D eigenvalue weighted by atomic mass is 10.1. The van der Waals surface area contributed by atoms with Crippen LogP contribution < -0.4 is 16.8 Å². The molecule has 0 fully saturated rings. The third-order valence-electron chi connectivity index (χ3n) is 2.10. The van der Waals surface area contributed by atoms with E-state index in [2.05, 4.69) is 5.32 Å². The first kappa shape index (κ1) is 12.7. The summed E-state index contributed by atoms with van der Waals surface area (Å²) in [6, 6.07) is 1.03. The Labute approximate surface area is 97.8 Å². The summed E-state index contributed by atoms with van der Waals surface area (Å²) >= 11 is 1.25. The monoisotopic (exact) mass is 241 g/mol. The van der Waals surface area contributed by atoms with Crippen LogP contribution in [0.5, 0.6) is 0 Å². The summed E-state index contributed by atoms with van der Waals surface area (Å²) in [7, 11) is 0. The smallest absolute Gasteiger partial charge is 0.251 e. The largest absolute Gasteiger partial charge is 0.366 e. The van der Waals surface area contributed by atoms with Crippen LogP contribution in [0.1, 0.15) is 30.1 Å². The van der Waals surface area contributed by atoms with Gasteiger partial charge >= 0.3 is 0 Å². The van der Waals surface area contributed by atoms with Gasteiger partial charge in [-0.3, -0.25) is 9.59 Å². The maximum Gasteiger partial charge on any atom is 0.251 e. The highest BCUT2D eigenvalue weighted by Gasteiger charge is 2.16. The Balaban J connectivity index is 2.69. The first-order valence-corrected chi connectivity index (χ1v) is 5.88. The lowest BCUT2D eigenvalue weighted by Gasteiger charge is -2.10. The van der Waals surface area contributed by atoms with Crippen molar-refractivity contribution < 1.29 is 9.59 Å². The van der Waals surface area contributed by atoms with Gasteiger partial charge in [-0.1, -0.05) is 13.3 Å². The Hall–Kier alpha value is -1.40. The quantitative estimate of drug-likeness (QED) is 0.714. The fourth-order valence-corrected chi connectivity index (χ4v) is 2.04. The summed E-state index contributed by atoms with van der Waals surface area (Å²) < 4.78 is 0. The molecular weight excluding hydrogens is 226 g/mol. The Morgan fingerprint density at radius 1 is 1.56 bits per heavy atom. The van der Waals surface area contributed by atoms with Gasteiger partial charge in [-0.2, -0.15) is 0 Å². The van der Waals surface area contributed by atoms with Crippen molar-refractivity contribution in [2.45, 2.75) is 25.8 Å². The topological polar surface area (TPSA) is 98.2 Å². The number of primary amides is 1. The van der Waals surface area contributed by atoms with E-state index in [-0.39, 0.29) is 5.91 Å². The number of carbonyl (C=O) groups is 2. The molecule has 5 N–H and O–H groups in total. The molecule has 1 heterocycles. The Bertz CT molecular complexity index is 389. The molecule has 2 amide bonds. The molecule has 0 aliphatic rings. The minimum Gasteiger partial charge on any atom is -0.366 e. The molecule has 0 aromatic carbocycles. The molecule has 6 heteroatoms. The van der Waals surface area contributed by atoms with Crippen LogP contribution >= 0.6 is 11.3 Å². The Morgan fingerprint density at radius 3 is 2.81 bits per heavy atom. The van der Waals surface area contributed by atoms with E-state index < -0.39 is 11.9 Å². The molecule has 5 nitrogen and oxygen atoms in total. The number of thiophene rings is 1. The van der Waals surface area contributed by atoms with Crippen LogP contribution in [-0.4, -0.2) is 17.9 Å². The number of hydrogen-bond acceptors (Lipinski definition) is 4. The molecule has 88 valence electrons. The first-order valence-electron chi connectivity index (χ1n) is 5.00. The van der Waals surface area contributed by atoms with Crippen molar-refractivity contribution in [2.24, 2.45) is 11.5 Å². The van der Waals surface area contributed by atoms with Gasteiger partial charge in [0.2, 0.25) is 5.91 Å². The molecule has 1 rings (SSSR count). The number of rotatable bonds is 5. The van der Waals surface area contributed by atoms with Crippen molar-refractivity contribution in [1.29, 1.82) is 0 Å². The highest BCUT2D eigenvalue weighted by molar-refractivity contribution is 7.14. The predicted octanol–water partition coefficient (Wildman–Crippen LogP) is 0.913. The second-order valence-electron chi connectivity index (χ2n) is 3.41. The molecule has 0 saturated heterocycles. The number of amides is 2. The number of carbonyl (C=O) groups excluding carboxylic acids is 2. The van der Waals surface area contributed by atoms with Crippen molar-refractivity contribution in [2.75, 3.05) is 5.32 Å². The molecule has 1 aromatic rings. The van der Waals surface area contributed by atoms with Gasteiger partial charge < -0.3 is 16.8 Å². The van der Waals surface area contributed by atoms with Gasteiger partial charge in [-0.05, 0) is 17.9 Å². The summed E-state index contributed by atoms with van der Waals surface area (Å²) in [5.41, 5.74) is 11.1. The highest BCUT2D eigenvalue weighted by Crippen LogP contribution is 2.22. The fourth-order valence-electron chi connectivity index (χ4n) is 1.25. The van der Waals surface area contributed by atoms with Crippen LogP contribution in [0.15, 0.2) is 11.4 Å². The third kappa shape index (κ3) is 3.04. The summed E-state index contributed by atoms with van der Waals surface area (Å²) in [6.07, 6.45) is 1.45. The maximum absolute atomic E-state index is 11.6. The van der Waals surface area contributed by atoms with Crippen LogP contribution in [0.25, 0.3) is 0 Å². The predicted molar refractivity (Wildman–Crippen MR) is 64.4 cm³/mol. The van der Waals surface area contributed by atoms with Gasteiger partial charge in [-0.15, -0.1) is 11.3 Å². The molecule has 0 unspecified atom stereocenters. The van der Waals surface area contributed by atoms with Crippen molar-refractivity contribution in [3.63, 3.8) is 0 Å². The van der Waals surface area contributed by atoms with Gasteiger partial charge in [-0.25, -0.2) is 0 Å². The molecule has 0 saturated carbocycles. The average molecular weight is 241 g/mol. The zero-order valence-corrected chi connectivity index (χ0v) is 9.84. The van der Waals surface area contributed by atoms with E-state index in [0.29, 0.717) is 17.0 Å². The van der Waals surface area contributed by atoms with Crippen LogP contribution in [0.2, 0.25) is 0 Å². The summed E-state index contributed by atoms with van der Waals surface area (Å²) in [5, 5.41) is 4.77. The molecule has 0 aliphatic carbocycles. The average Bonchev–Trinajstić information content (AvgIpc) is 2.66. The van der Waals surface area contributed by atoms with E-state index in [4.69, 9.17) is 11.5 Å². The third-order valence-corrected chi connectivity index (χ3v) is 2.93. The molecule has 1 atom stereocenters. The van der Waals surface area contributed by atoms with E-state index in [9.17, 15) is 9.59 Å². The summed E-state index contributed by atoms with van der Waals surface area (Å²) in [6.45, 7) is 1.95. The molecule has 16 heavy (non-hydrogen) atoms. The first-order chi connectivity index (χ1) is 7.56. The highest BCUT2D eigenvalue weighted by atomic mass is 32.1. The fraction of sp³-hybridized carbons (Fsp3) is 0.400. The van der Waals surface area contributed by atoms with Crippen molar-refractivity contribution in [3.8, 4) is 0 Å². The zero-order chi connectivity index (χ0) is 12.1. The van der Waals surface area contributed by atoms with E-state index in [1.54, 1.807) is 11.4 Å². The van der Waals surface area contributed by atoms with Crippen LogP contribution in [0.3, 0.4) is 0 Å². The summed E-state index contributed by atoms with van der Waals surface area (Å²) in [5.74, 6) is -0.840. The van der Waals surface area contributed by atoms with Gasteiger partial charge in [0.1, 0.15) is 5.00 Å². The molecular formula is C10H15N3O2S. The molecule has 0 bridgehead atoms. The Morgan fingerprint density at radius 2 is 2.25 bits per heavy atom. The standard InChI is InChI=1S/C10H15N3O2S/c1-2-3-7(11)9(15)13-10-6(8(12)14)4-5-16-10/h4-5,7H,2-3,11H2,1H3,(H2,12,14)(H,13,15)/t7-/m0/s1. The van der Waals surface area contributed by atoms with Crippen LogP contribution in [0.4, 0.5) is 5.00 Å². The molecule has 1 aromatic heterocycles. The van der Waals surface area contributed by atoms with Crippen molar-refractivity contribution in [1.82, 2.24) is 0 Å². The number of nitrogens with one attached hydrogen (secondary N) is 1. The minimum absolute atomic E-state index is 0.285. The molecule has 0 spiro atoms. The zero-order valence-electron chi connectivity index (χ0n) is 9.03. The van der Waals surface area contributed by atoms with Crippen molar-refractivity contribution in [3.05, 3.63) is 17.0 Å². The minimum atomic E-state index is -0.555. The van der Waals surface area contributed by atoms with Gasteiger partial charge in [0.15, 0.2) is 0 Å². The van der Waals surface area contributed by atoms with Gasteiger partial charge in [0.25, 0.3) is 5.91 Å². The van der Waals surface area contributed by atoms with E-state index in [0.717, 1.165) is 6.42 Å². The normalized spacial score (nSPS) is 12.1. The molecule has 0 radical (unpaired) electrons. The van der Waals surface area contributed by atoms with Gasteiger partial charge in [0, 0.05) is 0 Å². The maximum atomic E-state index is 11.6. The summed E-state index contributed by atoms with van der Waals surface area (Å²) in [4.78, 5) is 22.6. The van der Waals surface area contributed by atoms with Crippen LogP contribution in [-0.2, 0) is 4.79 Å². The number of anilines is 1. The van der Waals surface area contributed by atoms with Crippen LogP contribution in [0, 0.1) is 0 Å². The second kappa shape index (κ2) is 5.62. The van der Waals surface area contributed by atoms with E-state index in [1.165, 1.54) is 11.3 Å². The lowest BCUT2D eigenvalue weighted by molar-refractivity contribution is -0.117. The van der Waals surface area contributed by atoms with E-state index in [1.807, 2.05) is 6.92 Å².